The molecule has 2 heteroatoms. The molecule has 0 radical (unpaired) electrons. The van der Waals surface area contributed by atoms with Crippen molar-refractivity contribution in [2.24, 2.45) is 0 Å². The standard InChI is InChI=1S/C18H15IO/c1-12-10-18(20-2)17(19)11-16(12)15-9-5-7-13-6-3-4-8-14(13)15/h3-11H,1-2H3. The third kappa shape index (κ3) is 2.29. The highest BCUT2D eigenvalue weighted by Gasteiger charge is 2.10. The van der Waals surface area contributed by atoms with Gasteiger partial charge in [-0.3, -0.25) is 0 Å². The number of halogens is 1. The molecule has 0 amide bonds. The van der Waals surface area contributed by atoms with E-state index in [2.05, 4.69) is 84.1 Å². The Morgan fingerprint density at radius 2 is 1.65 bits per heavy atom. The number of benzene rings is 3. The topological polar surface area (TPSA) is 9.23 Å². The second-order valence-electron chi connectivity index (χ2n) is 4.83. The fourth-order valence-corrected chi connectivity index (χ4v) is 3.25. The van der Waals surface area contributed by atoms with Gasteiger partial charge in [0.2, 0.25) is 0 Å². The molecule has 0 aliphatic rings. The van der Waals surface area contributed by atoms with E-state index in [0.29, 0.717) is 0 Å². The molecule has 0 aliphatic heterocycles. The van der Waals surface area contributed by atoms with Gasteiger partial charge in [-0.1, -0.05) is 42.5 Å². The molecule has 0 aliphatic carbocycles. The van der Waals surface area contributed by atoms with Crippen LogP contribution in [0, 0.1) is 10.5 Å². The lowest BCUT2D eigenvalue weighted by atomic mass is 9.95. The molecule has 20 heavy (non-hydrogen) atoms. The molecule has 3 aromatic rings. The summed E-state index contributed by atoms with van der Waals surface area (Å²) in [5.74, 6) is 0.937. The first-order valence-electron chi connectivity index (χ1n) is 6.53. The zero-order valence-electron chi connectivity index (χ0n) is 11.5. The Bertz CT molecular complexity index is 772. The number of rotatable bonds is 2. The number of hydrogen-bond acceptors (Lipinski definition) is 1. The Morgan fingerprint density at radius 1 is 0.900 bits per heavy atom. The van der Waals surface area contributed by atoms with Crippen LogP contribution in [-0.2, 0) is 0 Å². The molecule has 3 aromatic carbocycles. The highest BCUT2D eigenvalue weighted by Crippen LogP contribution is 2.35. The van der Waals surface area contributed by atoms with E-state index in [4.69, 9.17) is 4.74 Å². The summed E-state index contributed by atoms with van der Waals surface area (Å²) >= 11 is 2.33. The van der Waals surface area contributed by atoms with Crippen molar-refractivity contribution >= 4 is 33.4 Å². The van der Waals surface area contributed by atoms with Crippen LogP contribution in [0.2, 0.25) is 0 Å². The van der Waals surface area contributed by atoms with Crippen molar-refractivity contribution in [2.45, 2.75) is 6.92 Å². The van der Waals surface area contributed by atoms with Gasteiger partial charge < -0.3 is 4.74 Å². The largest absolute Gasteiger partial charge is 0.496 e. The van der Waals surface area contributed by atoms with Crippen LogP contribution in [-0.4, -0.2) is 7.11 Å². The van der Waals surface area contributed by atoms with Crippen LogP contribution < -0.4 is 4.74 Å². The summed E-state index contributed by atoms with van der Waals surface area (Å²) < 4.78 is 6.53. The van der Waals surface area contributed by atoms with Gasteiger partial charge in [0, 0.05) is 0 Å². The van der Waals surface area contributed by atoms with Crippen molar-refractivity contribution in [3.05, 3.63) is 63.7 Å². The van der Waals surface area contributed by atoms with E-state index >= 15 is 0 Å². The van der Waals surface area contributed by atoms with Gasteiger partial charge in [0.15, 0.2) is 0 Å². The molecule has 0 saturated heterocycles. The molecular weight excluding hydrogens is 359 g/mol. The lowest BCUT2D eigenvalue weighted by Gasteiger charge is -2.13. The van der Waals surface area contributed by atoms with Crippen LogP contribution in [0.4, 0.5) is 0 Å². The van der Waals surface area contributed by atoms with Gasteiger partial charge in [0.25, 0.3) is 0 Å². The first-order chi connectivity index (χ1) is 9.70. The normalized spacial score (nSPS) is 10.8. The van der Waals surface area contributed by atoms with Gasteiger partial charge in [-0.05, 0) is 69.1 Å². The van der Waals surface area contributed by atoms with Gasteiger partial charge >= 0.3 is 0 Å². The number of ether oxygens (including phenoxy) is 1. The smallest absolute Gasteiger partial charge is 0.132 e. The quantitative estimate of drug-likeness (QED) is 0.544. The average Bonchev–Trinajstić information content (AvgIpc) is 2.48. The maximum Gasteiger partial charge on any atom is 0.132 e. The van der Waals surface area contributed by atoms with E-state index in [-0.39, 0.29) is 0 Å². The highest BCUT2D eigenvalue weighted by molar-refractivity contribution is 14.1. The van der Waals surface area contributed by atoms with E-state index < -0.39 is 0 Å². The fourth-order valence-electron chi connectivity index (χ4n) is 2.56. The highest BCUT2D eigenvalue weighted by atomic mass is 127. The number of fused-ring (bicyclic) bond motifs is 1. The van der Waals surface area contributed by atoms with Crippen molar-refractivity contribution in [1.82, 2.24) is 0 Å². The van der Waals surface area contributed by atoms with Crippen molar-refractivity contribution < 1.29 is 4.74 Å². The predicted molar refractivity (Wildman–Crippen MR) is 93.4 cm³/mol. The monoisotopic (exact) mass is 374 g/mol. The van der Waals surface area contributed by atoms with Gasteiger partial charge in [0.1, 0.15) is 5.75 Å². The summed E-state index contributed by atoms with van der Waals surface area (Å²) in [6, 6.07) is 19.3. The molecule has 1 nitrogen and oxygen atoms in total. The Kier molecular flexibility index (Phi) is 3.66. The molecule has 0 aromatic heterocycles. The maximum absolute atomic E-state index is 5.40. The molecule has 0 saturated carbocycles. The first kappa shape index (κ1) is 13.4. The van der Waals surface area contributed by atoms with Crippen molar-refractivity contribution in [1.29, 1.82) is 0 Å². The number of aryl methyl sites for hydroxylation is 1. The Hall–Kier alpha value is -1.55. The SMILES string of the molecule is COc1cc(C)c(-c2cccc3ccccc23)cc1I. The molecule has 0 heterocycles. The fraction of sp³-hybridized carbons (Fsp3) is 0.111. The third-order valence-electron chi connectivity index (χ3n) is 3.58. The molecule has 0 N–H and O–H groups in total. The second-order valence-corrected chi connectivity index (χ2v) is 5.99. The van der Waals surface area contributed by atoms with Gasteiger partial charge in [-0.15, -0.1) is 0 Å². The predicted octanol–water partition coefficient (Wildman–Crippen LogP) is 5.43. The molecule has 0 unspecified atom stereocenters. The maximum atomic E-state index is 5.40. The Labute approximate surface area is 132 Å². The lowest BCUT2D eigenvalue weighted by molar-refractivity contribution is 0.411. The van der Waals surface area contributed by atoms with Crippen LogP contribution in [0.3, 0.4) is 0 Å². The van der Waals surface area contributed by atoms with E-state index in [9.17, 15) is 0 Å². The summed E-state index contributed by atoms with van der Waals surface area (Å²) in [4.78, 5) is 0. The molecule has 0 spiro atoms. The molecule has 100 valence electrons. The molecule has 3 rings (SSSR count). The second kappa shape index (κ2) is 5.44. The van der Waals surface area contributed by atoms with Crippen molar-refractivity contribution in [2.75, 3.05) is 7.11 Å². The van der Waals surface area contributed by atoms with E-state index in [1.165, 1.54) is 27.5 Å². The minimum absolute atomic E-state index is 0.937. The van der Waals surface area contributed by atoms with Gasteiger partial charge in [-0.2, -0.15) is 0 Å². The molecule has 0 atom stereocenters. The zero-order valence-corrected chi connectivity index (χ0v) is 13.6. The molecular formula is C18H15IO. The van der Waals surface area contributed by atoms with Crippen molar-refractivity contribution in [3.8, 4) is 16.9 Å². The van der Waals surface area contributed by atoms with Crippen LogP contribution in [0.25, 0.3) is 21.9 Å². The number of hydrogen-bond donors (Lipinski definition) is 0. The summed E-state index contributed by atoms with van der Waals surface area (Å²) in [5, 5.41) is 2.56. The van der Waals surface area contributed by atoms with Gasteiger partial charge in [0.05, 0.1) is 10.7 Å². The van der Waals surface area contributed by atoms with Crippen molar-refractivity contribution in [3.63, 3.8) is 0 Å². The average molecular weight is 374 g/mol. The van der Waals surface area contributed by atoms with E-state index in [0.717, 1.165) is 9.32 Å². The molecule has 0 bridgehead atoms. The van der Waals surface area contributed by atoms with E-state index in [1.807, 2.05) is 0 Å². The Balaban J connectivity index is 2.29. The third-order valence-corrected chi connectivity index (χ3v) is 4.42. The van der Waals surface area contributed by atoms with Crippen LogP contribution >= 0.6 is 22.6 Å². The summed E-state index contributed by atoms with van der Waals surface area (Å²) in [5.41, 5.74) is 3.78. The number of methoxy groups -OCH3 is 1. The summed E-state index contributed by atoms with van der Waals surface area (Å²) in [6.07, 6.45) is 0. The minimum atomic E-state index is 0.937. The summed E-state index contributed by atoms with van der Waals surface area (Å²) in [7, 11) is 1.72. The van der Waals surface area contributed by atoms with E-state index in [1.54, 1.807) is 7.11 Å². The van der Waals surface area contributed by atoms with Crippen LogP contribution in [0.1, 0.15) is 5.56 Å². The summed E-state index contributed by atoms with van der Waals surface area (Å²) in [6.45, 7) is 2.13. The minimum Gasteiger partial charge on any atom is -0.496 e. The first-order valence-corrected chi connectivity index (χ1v) is 7.61. The van der Waals surface area contributed by atoms with Crippen LogP contribution in [0.15, 0.2) is 54.6 Å². The Morgan fingerprint density at radius 3 is 2.45 bits per heavy atom. The van der Waals surface area contributed by atoms with Gasteiger partial charge in [-0.25, -0.2) is 0 Å². The van der Waals surface area contributed by atoms with Crippen LogP contribution in [0.5, 0.6) is 5.75 Å². The molecule has 0 fully saturated rings. The lowest BCUT2D eigenvalue weighted by Crippen LogP contribution is -1.92. The zero-order chi connectivity index (χ0) is 14.1.